The van der Waals surface area contributed by atoms with E-state index in [1.54, 1.807) is 14.2 Å². The lowest BCUT2D eigenvalue weighted by molar-refractivity contribution is -0.121. The highest BCUT2D eigenvalue weighted by atomic mass is 79.9. The summed E-state index contributed by atoms with van der Waals surface area (Å²) in [6.07, 6.45) is 1.58. The van der Waals surface area contributed by atoms with E-state index in [1.807, 2.05) is 42.5 Å². The van der Waals surface area contributed by atoms with Crippen molar-refractivity contribution in [1.29, 1.82) is 0 Å². The van der Waals surface area contributed by atoms with Crippen LogP contribution >= 0.6 is 15.9 Å². The lowest BCUT2D eigenvalue weighted by Gasteiger charge is -2.30. The molecule has 0 unspecified atom stereocenters. The van der Waals surface area contributed by atoms with Gasteiger partial charge in [-0.05, 0) is 68.4 Å². The highest BCUT2D eigenvalue weighted by Gasteiger charge is 2.26. The molecule has 8 nitrogen and oxygen atoms in total. The summed E-state index contributed by atoms with van der Waals surface area (Å²) in [5.41, 5.74) is 1.61. The number of rotatable bonds is 7. The lowest BCUT2D eigenvalue weighted by atomic mass is 9.96. The van der Waals surface area contributed by atoms with Gasteiger partial charge in [0.1, 0.15) is 0 Å². The molecule has 0 bridgehead atoms. The molecule has 9 heteroatoms. The van der Waals surface area contributed by atoms with Crippen molar-refractivity contribution in [1.82, 2.24) is 15.0 Å². The smallest absolute Gasteiger partial charge is 0.241 e. The minimum atomic E-state index is -0.0000861. The van der Waals surface area contributed by atoms with Crippen LogP contribution in [0.2, 0.25) is 0 Å². The van der Waals surface area contributed by atoms with Crippen molar-refractivity contribution in [2.45, 2.75) is 19.4 Å². The van der Waals surface area contributed by atoms with Crippen LogP contribution in [0.4, 0.5) is 5.69 Å². The van der Waals surface area contributed by atoms with E-state index >= 15 is 0 Å². The SMILES string of the molecule is COc1ccc(-c2noc(CN3CCC(C(=O)Nc4ccc(Br)cc4)CC3)n2)cc1OC. The quantitative estimate of drug-likeness (QED) is 0.515. The van der Waals surface area contributed by atoms with Crippen LogP contribution in [-0.4, -0.2) is 48.3 Å². The summed E-state index contributed by atoms with van der Waals surface area (Å²) in [5, 5.41) is 7.11. The first-order chi connectivity index (χ1) is 15.6. The molecule has 1 aliphatic rings. The third-order valence-electron chi connectivity index (χ3n) is 5.54. The predicted molar refractivity (Wildman–Crippen MR) is 124 cm³/mol. The maximum absolute atomic E-state index is 12.6. The minimum Gasteiger partial charge on any atom is -0.493 e. The summed E-state index contributed by atoms with van der Waals surface area (Å²) in [4.78, 5) is 19.3. The number of nitrogens with one attached hydrogen (secondary N) is 1. The normalized spacial score (nSPS) is 14.8. The van der Waals surface area contributed by atoms with Crippen LogP contribution in [0.25, 0.3) is 11.4 Å². The summed E-state index contributed by atoms with van der Waals surface area (Å²) in [6, 6.07) is 13.1. The van der Waals surface area contributed by atoms with E-state index in [1.165, 1.54) is 0 Å². The molecule has 1 saturated heterocycles. The zero-order valence-electron chi connectivity index (χ0n) is 18.0. The van der Waals surface area contributed by atoms with E-state index in [0.717, 1.165) is 41.7 Å². The lowest BCUT2D eigenvalue weighted by Crippen LogP contribution is -2.37. The standard InChI is InChI=1S/C23H25BrN4O4/c1-30-19-8-3-16(13-20(19)31-2)22-26-21(32-27-22)14-28-11-9-15(10-12-28)23(29)25-18-6-4-17(24)5-7-18/h3-8,13,15H,9-12,14H2,1-2H3,(H,25,29). The number of ether oxygens (including phenoxy) is 2. The molecule has 0 atom stereocenters. The minimum absolute atomic E-state index is 0.0000861. The van der Waals surface area contributed by atoms with Gasteiger partial charge in [-0.15, -0.1) is 0 Å². The summed E-state index contributed by atoms with van der Waals surface area (Å²) < 4.78 is 17.1. The molecule has 168 valence electrons. The van der Waals surface area contributed by atoms with Crippen molar-refractivity contribution in [3.8, 4) is 22.9 Å². The highest BCUT2D eigenvalue weighted by Crippen LogP contribution is 2.31. The van der Waals surface area contributed by atoms with Crippen molar-refractivity contribution < 1.29 is 18.8 Å². The number of carbonyl (C=O) groups is 1. The van der Waals surface area contributed by atoms with E-state index in [9.17, 15) is 4.79 Å². The first kappa shape index (κ1) is 22.3. The van der Waals surface area contributed by atoms with Crippen LogP contribution in [0.3, 0.4) is 0 Å². The largest absolute Gasteiger partial charge is 0.493 e. The molecule has 3 aromatic rings. The molecule has 2 heterocycles. The Bertz CT molecular complexity index is 1060. The second-order valence-electron chi connectivity index (χ2n) is 7.63. The molecule has 4 rings (SSSR count). The maximum atomic E-state index is 12.6. The number of amides is 1. The molecule has 0 spiro atoms. The van der Waals surface area contributed by atoms with Crippen LogP contribution in [0, 0.1) is 5.92 Å². The second kappa shape index (κ2) is 10.1. The monoisotopic (exact) mass is 500 g/mol. The van der Waals surface area contributed by atoms with Gasteiger partial charge in [0.2, 0.25) is 17.6 Å². The molecule has 1 aliphatic heterocycles. The van der Waals surface area contributed by atoms with E-state index < -0.39 is 0 Å². The van der Waals surface area contributed by atoms with E-state index in [0.29, 0.717) is 29.8 Å². The number of hydrogen-bond acceptors (Lipinski definition) is 7. The van der Waals surface area contributed by atoms with E-state index in [-0.39, 0.29) is 11.8 Å². The van der Waals surface area contributed by atoms with Crippen molar-refractivity contribution in [2.24, 2.45) is 5.92 Å². The predicted octanol–water partition coefficient (Wildman–Crippen LogP) is 4.37. The van der Waals surface area contributed by atoms with Crippen LogP contribution < -0.4 is 14.8 Å². The van der Waals surface area contributed by atoms with Gasteiger partial charge in [0, 0.05) is 21.6 Å². The Balaban J connectivity index is 1.31. The first-order valence-electron chi connectivity index (χ1n) is 10.4. The fourth-order valence-electron chi connectivity index (χ4n) is 3.73. The molecule has 32 heavy (non-hydrogen) atoms. The number of halogens is 1. The second-order valence-corrected chi connectivity index (χ2v) is 8.54. The summed E-state index contributed by atoms with van der Waals surface area (Å²) in [6.45, 7) is 2.15. The van der Waals surface area contributed by atoms with E-state index in [4.69, 9.17) is 14.0 Å². The maximum Gasteiger partial charge on any atom is 0.241 e. The van der Waals surface area contributed by atoms with Gasteiger partial charge in [-0.3, -0.25) is 9.69 Å². The molecular formula is C23H25BrN4O4. The van der Waals surface area contributed by atoms with Crippen LogP contribution in [0.5, 0.6) is 11.5 Å². The Morgan fingerprint density at radius 3 is 2.53 bits per heavy atom. The first-order valence-corrected chi connectivity index (χ1v) is 11.2. The molecule has 1 amide bonds. The van der Waals surface area contributed by atoms with Crippen molar-refractivity contribution in [3.05, 3.63) is 52.8 Å². The van der Waals surface area contributed by atoms with Crippen LogP contribution in [0.15, 0.2) is 51.5 Å². The number of piperidine rings is 1. The number of methoxy groups -OCH3 is 2. The fourth-order valence-corrected chi connectivity index (χ4v) is 4.00. The number of benzene rings is 2. The molecule has 0 radical (unpaired) electrons. The number of anilines is 1. The average Bonchev–Trinajstić information content (AvgIpc) is 3.29. The number of aromatic nitrogens is 2. The van der Waals surface area contributed by atoms with Gasteiger partial charge in [-0.2, -0.15) is 4.98 Å². The van der Waals surface area contributed by atoms with Crippen LogP contribution in [0.1, 0.15) is 18.7 Å². The Kier molecular flexibility index (Phi) is 7.06. The number of hydrogen-bond donors (Lipinski definition) is 1. The Labute approximate surface area is 195 Å². The van der Waals surface area contributed by atoms with Gasteiger partial charge in [0.25, 0.3) is 0 Å². The Morgan fingerprint density at radius 2 is 1.84 bits per heavy atom. The Hall–Kier alpha value is -2.91. The zero-order chi connectivity index (χ0) is 22.5. The Morgan fingerprint density at radius 1 is 1.12 bits per heavy atom. The number of carbonyl (C=O) groups excluding carboxylic acids is 1. The molecule has 1 fully saturated rings. The summed E-state index contributed by atoms with van der Waals surface area (Å²) in [5.74, 6) is 2.38. The summed E-state index contributed by atoms with van der Waals surface area (Å²) in [7, 11) is 3.18. The van der Waals surface area contributed by atoms with Gasteiger partial charge in [-0.25, -0.2) is 0 Å². The van der Waals surface area contributed by atoms with E-state index in [2.05, 4.69) is 36.3 Å². The molecule has 0 saturated carbocycles. The van der Waals surface area contributed by atoms with Crippen molar-refractivity contribution in [3.63, 3.8) is 0 Å². The number of likely N-dealkylation sites (tertiary alicyclic amines) is 1. The van der Waals surface area contributed by atoms with Gasteiger partial charge < -0.3 is 19.3 Å². The molecule has 2 aromatic carbocycles. The average molecular weight is 501 g/mol. The summed E-state index contributed by atoms with van der Waals surface area (Å²) >= 11 is 3.40. The van der Waals surface area contributed by atoms with Gasteiger partial charge in [-0.1, -0.05) is 21.1 Å². The third kappa shape index (κ3) is 5.28. The van der Waals surface area contributed by atoms with Gasteiger partial charge in [0.15, 0.2) is 11.5 Å². The van der Waals surface area contributed by atoms with Gasteiger partial charge in [0.05, 0.1) is 20.8 Å². The van der Waals surface area contributed by atoms with Crippen molar-refractivity contribution in [2.75, 3.05) is 32.6 Å². The van der Waals surface area contributed by atoms with Gasteiger partial charge >= 0.3 is 0 Å². The highest BCUT2D eigenvalue weighted by molar-refractivity contribution is 9.10. The molecule has 1 aromatic heterocycles. The molecule has 1 N–H and O–H groups in total. The number of nitrogens with zero attached hydrogens (tertiary/aromatic N) is 3. The molecule has 0 aliphatic carbocycles. The molecular weight excluding hydrogens is 476 g/mol. The van der Waals surface area contributed by atoms with Crippen molar-refractivity contribution >= 4 is 27.5 Å². The fraction of sp³-hybridized carbons (Fsp3) is 0.348. The zero-order valence-corrected chi connectivity index (χ0v) is 19.6. The third-order valence-corrected chi connectivity index (χ3v) is 6.07. The topological polar surface area (TPSA) is 89.7 Å². The van der Waals surface area contributed by atoms with Crippen LogP contribution in [-0.2, 0) is 11.3 Å².